The van der Waals surface area contributed by atoms with Gasteiger partial charge in [0.05, 0.1) is 24.3 Å². The first-order valence-electron chi connectivity index (χ1n) is 9.66. The van der Waals surface area contributed by atoms with Crippen molar-refractivity contribution in [3.8, 4) is 0 Å². The maximum Gasteiger partial charge on any atom is 0.174 e. The van der Waals surface area contributed by atoms with Gasteiger partial charge in [0, 0.05) is 17.8 Å². The minimum atomic E-state index is -0.622. The molecule has 3 aliphatic rings. The Morgan fingerprint density at radius 3 is 2.29 bits per heavy atom. The topological polar surface area (TPSA) is 41.6 Å². The van der Waals surface area contributed by atoms with Crippen LogP contribution >= 0.6 is 0 Å². The monoisotopic (exact) mass is 336 g/mol. The lowest BCUT2D eigenvalue weighted by atomic mass is 9.66. The minimum Gasteiger partial charge on any atom is -0.349 e. The third kappa shape index (κ3) is 2.57. The SMILES string of the molecule is CCC1(C)CC2(OCC3(CC=CCC3)CO2)C(C)C(C)(CC)N1[O]. The quantitative estimate of drug-likeness (QED) is 0.698. The van der Waals surface area contributed by atoms with Gasteiger partial charge in [-0.2, -0.15) is 0 Å². The van der Waals surface area contributed by atoms with Crippen LogP contribution < -0.4 is 0 Å². The molecule has 4 nitrogen and oxygen atoms in total. The fourth-order valence-corrected chi connectivity index (χ4v) is 4.93. The molecule has 137 valence electrons. The van der Waals surface area contributed by atoms with Gasteiger partial charge in [0.15, 0.2) is 5.79 Å². The Balaban J connectivity index is 1.88. The van der Waals surface area contributed by atoms with E-state index < -0.39 is 16.9 Å². The van der Waals surface area contributed by atoms with Crippen LogP contribution in [0.25, 0.3) is 0 Å². The van der Waals surface area contributed by atoms with Crippen LogP contribution in [0.5, 0.6) is 0 Å². The first-order chi connectivity index (χ1) is 11.3. The Labute approximate surface area is 147 Å². The Morgan fingerprint density at radius 2 is 1.79 bits per heavy atom. The number of piperidine rings is 1. The van der Waals surface area contributed by atoms with Crippen molar-refractivity contribution < 1.29 is 14.7 Å². The van der Waals surface area contributed by atoms with Gasteiger partial charge in [0.2, 0.25) is 0 Å². The zero-order valence-electron chi connectivity index (χ0n) is 16.1. The van der Waals surface area contributed by atoms with Crippen LogP contribution in [0.4, 0.5) is 0 Å². The molecule has 0 aromatic carbocycles. The number of hydrogen-bond donors (Lipinski definition) is 0. The van der Waals surface area contributed by atoms with Crippen molar-refractivity contribution in [2.24, 2.45) is 11.3 Å². The van der Waals surface area contributed by atoms with Gasteiger partial charge in [-0.05, 0) is 46.0 Å². The fraction of sp³-hybridized carbons (Fsp3) is 0.900. The summed E-state index contributed by atoms with van der Waals surface area (Å²) in [7, 11) is 0. The summed E-state index contributed by atoms with van der Waals surface area (Å²) in [6, 6.07) is 0. The van der Waals surface area contributed by atoms with Gasteiger partial charge in [0.25, 0.3) is 0 Å². The molecule has 3 atom stereocenters. The maximum absolute atomic E-state index is 13.2. The van der Waals surface area contributed by atoms with Crippen molar-refractivity contribution in [3.05, 3.63) is 12.2 Å². The van der Waals surface area contributed by atoms with E-state index in [1.165, 1.54) is 5.06 Å². The highest BCUT2D eigenvalue weighted by atomic mass is 16.7. The molecule has 0 bridgehead atoms. The molecular weight excluding hydrogens is 302 g/mol. The average Bonchev–Trinajstić information content (AvgIpc) is 2.62. The minimum absolute atomic E-state index is 0.0450. The van der Waals surface area contributed by atoms with E-state index in [-0.39, 0.29) is 11.3 Å². The summed E-state index contributed by atoms with van der Waals surface area (Å²) < 4.78 is 13.1. The lowest BCUT2D eigenvalue weighted by Gasteiger charge is -2.62. The van der Waals surface area contributed by atoms with Crippen molar-refractivity contribution in [2.45, 2.75) is 90.0 Å². The van der Waals surface area contributed by atoms with E-state index in [4.69, 9.17) is 9.47 Å². The first-order valence-corrected chi connectivity index (χ1v) is 9.66. The molecule has 1 aliphatic carbocycles. The fourth-order valence-electron chi connectivity index (χ4n) is 4.93. The molecule has 2 fully saturated rings. The second-order valence-electron chi connectivity index (χ2n) is 8.86. The molecule has 2 heterocycles. The van der Waals surface area contributed by atoms with Crippen LogP contribution in [0, 0.1) is 11.3 Å². The number of hydroxylamine groups is 2. The van der Waals surface area contributed by atoms with E-state index in [0.717, 1.165) is 45.3 Å². The Kier molecular flexibility index (Phi) is 4.66. The molecule has 2 aliphatic heterocycles. The Morgan fingerprint density at radius 1 is 1.12 bits per heavy atom. The van der Waals surface area contributed by atoms with Gasteiger partial charge >= 0.3 is 0 Å². The Bertz CT molecular complexity index is 497. The summed E-state index contributed by atoms with van der Waals surface area (Å²) in [6.45, 7) is 12.0. The number of nitrogens with zero attached hydrogens (tertiary/aromatic N) is 1. The summed E-state index contributed by atoms with van der Waals surface area (Å²) >= 11 is 0. The van der Waals surface area contributed by atoms with Crippen LogP contribution in [0.2, 0.25) is 0 Å². The first kappa shape index (κ1) is 18.4. The predicted molar refractivity (Wildman–Crippen MR) is 93.8 cm³/mol. The van der Waals surface area contributed by atoms with Gasteiger partial charge < -0.3 is 9.47 Å². The summed E-state index contributed by atoms with van der Waals surface area (Å²) in [5.74, 6) is -0.577. The maximum atomic E-state index is 13.2. The van der Waals surface area contributed by atoms with E-state index in [0.29, 0.717) is 6.42 Å². The number of rotatable bonds is 2. The lowest BCUT2D eigenvalue weighted by Crippen LogP contribution is -2.72. The van der Waals surface area contributed by atoms with Gasteiger partial charge in [-0.3, -0.25) is 0 Å². The van der Waals surface area contributed by atoms with Gasteiger partial charge in [-0.1, -0.05) is 32.9 Å². The average molecular weight is 336 g/mol. The zero-order valence-corrected chi connectivity index (χ0v) is 16.1. The van der Waals surface area contributed by atoms with Crippen molar-refractivity contribution in [1.29, 1.82) is 0 Å². The second-order valence-corrected chi connectivity index (χ2v) is 8.86. The van der Waals surface area contributed by atoms with Crippen LogP contribution in [0.3, 0.4) is 0 Å². The normalized spacial score (nSPS) is 49.8. The summed E-state index contributed by atoms with van der Waals surface area (Å²) in [5.41, 5.74) is -0.756. The van der Waals surface area contributed by atoms with E-state index in [1.807, 2.05) is 0 Å². The highest BCUT2D eigenvalue weighted by Crippen LogP contribution is 2.54. The summed E-state index contributed by atoms with van der Waals surface area (Å²) in [6.07, 6.45) is 10.1. The van der Waals surface area contributed by atoms with Crippen molar-refractivity contribution >= 4 is 0 Å². The number of hydrogen-bond acceptors (Lipinski definition) is 3. The van der Waals surface area contributed by atoms with Gasteiger partial charge in [-0.25, -0.2) is 0 Å². The highest BCUT2D eigenvalue weighted by Gasteiger charge is 2.63. The van der Waals surface area contributed by atoms with Crippen molar-refractivity contribution in [1.82, 2.24) is 5.06 Å². The number of ether oxygens (including phenoxy) is 2. The molecule has 4 heteroatoms. The second kappa shape index (κ2) is 6.08. The molecule has 1 radical (unpaired) electrons. The molecule has 3 rings (SSSR count). The molecule has 0 N–H and O–H groups in total. The van der Waals surface area contributed by atoms with Crippen molar-refractivity contribution in [2.75, 3.05) is 13.2 Å². The highest BCUT2D eigenvalue weighted by molar-refractivity contribution is 5.09. The third-order valence-electron chi connectivity index (χ3n) is 7.46. The van der Waals surface area contributed by atoms with Crippen LogP contribution in [-0.4, -0.2) is 35.1 Å². The summed E-state index contributed by atoms with van der Waals surface area (Å²) in [4.78, 5) is 0. The standard InChI is InChI=1S/C20H34NO3/c1-6-17(4)13-20(16(3)18(5,7-2)21(17)22)23-14-19(15-24-20)11-9-8-10-12-19/h8-9,16H,6-7,10-15H2,1-5H3. The van der Waals surface area contributed by atoms with E-state index in [9.17, 15) is 5.21 Å². The van der Waals surface area contributed by atoms with E-state index >= 15 is 0 Å². The molecule has 0 amide bonds. The molecule has 0 aromatic rings. The van der Waals surface area contributed by atoms with Gasteiger partial charge in [0.1, 0.15) is 0 Å². The molecular formula is C20H34NO3. The number of allylic oxidation sites excluding steroid dienone is 2. The molecule has 0 aromatic heterocycles. The molecule has 0 saturated carbocycles. The molecule has 24 heavy (non-hydrogen) atoms. The van der Waals surface area contributed by atoms with Crippen LogP contribution in [0.15, 0.2) is 12.2 Å². The largest absolute Gasteiger partial charge is 0.349 e. The van der Waals surface area contributed by atoms with E-state index in [1.54, 1.807) is 0 Å². The third-order valence-corrected chi connectivity index (χ3v) is 7.46. The van der Waals surface area contributed by atoms with Crippen LogP contribution in [-0.2, 0) is 14.7 Å². The van der Waals surface area contributed by atoms with Gasteiger partial charge in [-0.15, -0.1) is 10.3 Å². The van der Waals surface area contributed by atoms with Crippen LogP contribution in [0.1, 0.15) is 73.1 Å². The van der Waals surface area contributed by atoms with E-state index in [2.05, 4.69) is 46.8 Å². The summed E-state index contributed by atoms with van der Waals surface area (Å²) in [5, 5.41) is 14.5. The zero-order chi connectivity index (χ0) is 17.6. The van der Waals surface area contributed by atoms with Crippen molar-refractivity contribution in [3.63, 3.8) is 0 Å². The molecule has 2 spiro atoms. The lowest BCUT2D eigenvalue weighted by molar-refractivity contribution is -0.414. The molecule has 2 saturated heterocycles. The molecule has 3 unspecified atom stereocenters. The Hall–Kier alpha value is -0.420. The smallest absolute Gasteiger partial charge is 0.174 e. The predicted octanol–water partition coefficient (Wildman–Crippen LogP) is 4.48.